The van der Waals surface area contributed by atoms with Crippen molar-refractivity contribution in [2.24, 2.45) is 0 Å². The molecule has 1 fully saturated rings. The number of hydrogen-bond acceptors (Lipinski definition) is 4. The van der Waals surface area contributed by atoms with E-state index in [0.29, 0.717) is 0 Å². The number of rotatable bonds is 5. The first kappa shape index (κ1) is 15.0. The lowest BCUT2D eigenvalue weighted by Gasteiger charge is -2.27. The summed E-state index contributed by atoms with van der Waals surface area (Å²) < 4.78 is 5.35. The summed E-state index contributed by atoms with van der Waals surface area (Å²) in [6, 6.07) is 16.5. The van der Waals surface area contributed by atoms with Crippen LogP contribution in [0.2, 0.25) is 0 Å². The van der Waals surface area contributed by atoms with E-state index < -0.39 is 0 Å². The van der Waals surface area contributed by atoms with Crippen LogP contribution in [0.5, 0.6) is 0 Å². The predicted molar refractivity (Wildman–Crippen MR) is 87.6 cm³/mol. The Hall–Kier alpha value is -1.93. The summed E-state index contributed by atoms with van der Waals surface area (Å²) in [5, 5.41) is 15.2. The molecule has 2 aromatic carbocycles. The quantitative estimate of drug-likeness (QED) is 0.919. The minimum absolute atomic E-state index is 0.271. The Morgan fingerprint density at radius 2 is 1.91 bits per heavy atom. The van der Waals surface area contributed by atoms with Gasteiger partial charge in [0.15, 0.2) is 0 Å². The van der Waals surface area contributed by atoms with E-state index in [1.165, 1.54) is 5.39 Å². The van der Waals surface area contributed by atoms with Crippen molar-refractivity contribution < 1.29 is 4.74 Å². The molecule has 1 atom stereocenters. The Labute approximate surface area is 131 Å². The Kier molecular flexibility index (Phi) is 5.02. The highest BCUT2D eigenvalue weighted by molar-refractivity contribution is 5.86. The molecule has 22 heavy (non-hydrogen) atoms. The fourth-order valence-corrected chi connectivity index (χ4v) is 2.92. The van der Waals surface area contributed by atoms with Crippen LogP contribution >= 0.6 is 0 Å². The van der Waals surface area contributed by atoms with Crippen LogP contribution in [-0.4, -0.2) is 44.3 Å². The van der Waals surface area contributed by atoms with Crippen LogP contribution in [0.1, 0.15) is 11.6 Å². The average molecular weight is 295 g/mol. The topological polar surface area (TPSA) is 48.3 Å². The van der Waals surface area contributed by atoms with E-state index in [1.807, 2.05) is 24.3 Å². The first-order valence-corrected chi connectivity index (χ1v) is 7.79. The van der Waals surface area contributed by atoms with Gasteiger partial charge in [0, 0.05) is 26.2 Å². The molecule has 0 bridgehead atoms. The van der Waals surface area contributed by atoms with Crippen LogP contribution in [0.4, 0.5) is 0 Å². The maximum Gasteiger partial charge on any atom is 0.122 e. The average Bonchev–Trinajstić information content (AvgIpc) is 2.59. The van der Waals surface area contributed by atoms with Crippen molar-refractivity contribution >= 4 is 10.8 Å². The highest BCUT2D eigenvalue weighted by Gasteiger charge is 2.14. The van der Waals surface area contributed by atoms with Gasteiger partial charge in [0.1, 0.15) is 6.04 Å². The molecule has 0 saturated carbocycles. The van der Waals surface area contributed by atoms with E-state index in [9.17, 15) is 5.26 Å². The number of nitrogens with zero attached hydrogens (tertiary/aromatic N) is 2. The van der Waals surface area contributed by atoms with Gasteiger partial charge in [0.2, 0.25) is 0 Å². The molecule has 2 aromatic rings. The molecular weight excluding hydrogens is 274 g/mol. The minimum atomic E-state index is -0.271. The summed E-state index contributed by atoms with van der Waals surface area (Å²) in [7, 11) is 0. The third-order valence-electron chi connectivity index (χ3n) is 4.14. The third-order valence-corrected chi connectivity index (χ3v) is 4.14. The molecule has 4 nitrogen and oxygen atoms in total. The van der Waals surface area contributed by atoms with Crippen molar-refractivity contribution in [3.05, 3.63) is 48.0 Å². The van der Waals surface area contributed by atoms with Gasteiger partial charge in [-0.15, -0.1) is 0 Å². The second-order valence-electron chi connectivity index (χ2n) is 5.54. The van der Waals surface area contributed by atoms with Gasteiger partial charge in [0.25, 0.3) is 0 Å². The Morgan fingerprint density at radius 1 is 1.14 bits per heavy atom. The van der Waals surface area contributed by atoms with Gasteiger partial charge in [0.05, 0.1) is 19.3 Å². The number of fused-ring (bicyclic) bond motifs is 1. The van der Waals surface area contributed by atoms with Crippen LogP contribution in [0, 0.1) is 11.3 Å². The zero-order valence-corrected chi connectivity index (χ0v) is 12.7. The van der Waals surface area contributed by atoms with Gasteiger partial charge in [-0.1, -0.05) is 42.5 Å². The van der Waals surface area contributed by atoms with E-state index in [-0.39, 0.29) is 6.04 Å². The summed E-state index contributed by atoms with van der Waals surface area (Å²) >= 11 is 0. The summed E-state index contributed by atoms with van der Waals surface area (Å²) in [5.41, 5.74) is 1.06. The first-order chi connectivity index (χ1) is 10.9. The van der Waals surface area contributed by atoms with E-state index in [4.69, 9.17) is 4.74 Å². The largest absolute Gasteiger partial charge is 0.379 e. The number of morpholine rings is 1. The number of nitriles is 1. The molecule has 0 radical (unpaired) electrons. The third kappa shape index (κ3) is 3.45. The molecule has 1 unspecified atom stereocenters. The fraction of sp³-hybridized carbons (Fsp3) is 0.389. The van der Waals surface area contributed by atoms with Gasteiger partial charge in [-0.05, 0) is 16.3 Å². The monoisotopic (exact) mass is 295 g/mol. The van der Waals surface area contributed by atoms with Crippen molar-refractivity contribution in [1.29, 1.82) is 5.26 Å². The molecule has 1 heterocycles. The maximum atomic E-state index is 9.53. The summed E-state index contributed by atoms with van der Waals surface area (Å²) in [4.78, 5) is 2.37. The molecule has 0 amide bonds. The van der Waals surface area contributed by atoms with Crippen LogP contribution < -0.4 is 5.32 Å². The SMILES string of the molecule is N#CC(NCCN1CCOCC1)c1cccc2ccccc12. The molecule has 1 aliphatic rings. The van der Waals surface area contributed by atoms with Gasteiger partial charge in [-0.2, -0.15) is 5.26 Å². The van der Waals surface area contributed by atoms with Crippen molar-refractivity contribution in [2.45, 2.75) is 6.04 Å². The predicted octanol–water partition coefficient (Wildman–Crippen LogP) is 2.33. The highest BCUT2D eigenvalue weighted by Crippen LogP contribution is 2.23. The molecule has 0 aromatic heterocycles. The Morgan fingerprint density at radius 3 is 2.73 bits per heavy atom. The lowest BCUT2D eigenvalue weighted by Crippen LogP contribution is -2.40. The zero-order chi connectivity index (χ0) is 15.2. The molecule has 0 spiro atoms. The summed E-state index contributed by atoms with van der Waals surface area (Å²) in [6.45, 7) is 5.34. The second kappa shape index (κ2) is 7.37. The molecule has 0 aliphatic carbocycles. The molecule has 1 aliphatic heterocycles. The molecule has 4 heteroatoms. The Bertz CT molecular complexity index is 653. The van der Waals surface area contributed by atoms with Crippen molar-refractivity contribution in [3.8, 4) is 6.07 Å². The van der Waals surface area contributed by atoms with E-state index in [1.54, 1.807) is 0 Å². The van der Waals surface area contributed by atoms with Crippen molar-refractivity contribution in [3.63, 3.8) is 0 Å². The van der Waals surface area contributed by atoms with Crippen LogP contribution in [0.25, 0.3) is 10.8 Å². The molecule has 3 rings (SSSR count). The van der Waals surface area contributed by atoms with Crippen LogP contribution in [0.3, 0.4) is 0 Å². The molecular formula is C18H21N3O. The summed E-state index contributed by atoms with van der Waals surface area (Å²) in [6.07, 6.45) is 0. The number of benzene rings is 2. The van der Waals surface area contributed by atoms with Crippen LogP contribution in [0.15, 0.2) is 42.5 Å². The van der Waals surface area contributed by atoms with E-state index in [2.05, 4.69) is 34.5 Å². The number of hydrogen-bond donors (Lipinski definition) is 1. The summed E-state index contributed by atoms with van der Waals surface area (Å²) in [5.74, 6) is 0. The maximum absolute atomic E-state index is 9.53. The molecule has 114 valence electrons. The van der Waals surface area contributed by atoms with Crippen LogP contribution in [-0.2, 0) is 4.74 Å². The highest BCUT2D eigenvalue weighted by atomic mass is 16.5. The lowest BCUT2D eigenvalue weighted by atomic mass is 9.99. The lowest BCUT2D eigenvalue weighted by molar-refractivity contribution is 0.0383. The smallest absolute Gasteiger partial charge is 0.122 e. The number of ether oxygens (including phenoxy) is 1. The zero-order valence-electron chi connectivity index (χ0n) is 12.7. The van der Waals surface area contributed by atoms with Gasteiger partial charge >= 0.3 is 0 Å². The van der Waals surface area contributed by atoms with E-state index in [0.717, 1.165) is 50.3 Å². The first-order valence-electron chi connectivity index (χ1n) is 7.79. The second-order valence-corrected chi connectivity index (χ2v) is 5.54. The van der Waals surface area contributed by atoms with Gasteiger partial charge in [-0.3, -0.25) is 10.2 Å². The van der Waals surface area contributed by atoms with E-state index >= 15 is 0 Å². The standard InChI is InChI=1S/C18H21N3O/c19-14-18(20-8-9-21-10-12-22-13-11-21)17-7-3-5-15-4-1-2-6-16(15)17/h1-7,18,20H,8-13H2. The fourth-order valence-electron chi connectivity index (χ4n) is 2.92. The number of nitrogens with one attached hydrogen (secondary N) is 1. The van der Waals surface area contributed by atoms with Gasteiger partial charge < -0.3 is 4.74 Å². The van der Waals surface area contributed by atoms with Crippen molar-refractivity contribution in [2.75, 3.05) is 39.4 Å². The normalized spacial score (nSPS) is 17.2. The van der Waals surface area contributed by atoms with Crippen molar-refractivity contribution in [1.82, 2.24) is 10.2 Å². The minimum Gasteiger partial charge on any atom is -0.379 e. The Balaban J connectivity index is 1.66. The molecule has 1 saturated heterocycles. The molecule has 1 N–H and O–H groups in total. The van der Waals surface area contributed by atoms with Gasteiger partial charge in [-0.25, -0.2) is 0 Å².